The third-order valence-electron chi connectivity index (χ3n) is 3.08. The monoisotopic (exact) mass is 414 g/mol. The third kappa shape index (κ3) is 12.2. The van der Waals surface area contributed by atoms with Gasteiger partial charge in [0.05, 0.1) is 12.6 Å². The Morgan fingerprint density at radius 1 is 1.24 bits per heavy atom. The minimum atomic E-state index is 0. The van der Waals surface area contributed by atoms with Crippen LogP contribution >= 0.6 is 24.0 Å². The van der Waals surface area contributed by atoms with Gasteiger partial charge in [-0.3, -0.25) is 4.99 Å². The zero-order chi connectivity index (χ0) is 15.6. The number of methoxy groups -OCH3 is 1. The Morgan fingerprint density at radius 3 is 2.29 bits per heavy atom. The number of ether oxygens (including phenoxy) is 1. The lowest BCUT2D eigenvalue weighted by Gasteiger charge is -2.28. The van der Waals surface area contributed by atoms with E-state index in [0.717, 1.165) is 32.0 Å². The number of nitrogens with one attached hydrogen (secondary N) is 2. The van der Waals surface area contributed by atoms with E-state index in [1.807, 2.05) is 0 Å². The standard InChI is InChI=1S/C15H34N4O.HI/c1-8-16-14(17-10-9-11-19(5)6)18-12-13(20-7)15(2,3)4;/h13H,8-12H2,1-7H3,(H2,16,17,18);1H. The lowest BCUT2D eigenvalue weighted by molar-refractivity contribution is 0.0241. The molecule has 21 heavy (non-hydrogen) atoms. The van der Waals surface area contributed by atoms with Gasteiger partial charge < -0.3 is 20.3 Å². The van der Waals surface area contributed by atoms with Crippen LogP contribution in [0.25, 0.3) is 0 Å². The first-order valence-corrected chi connectivity index (χ1v) is 7.51. The Bertz CT molecular complexity index is 277. The van der Waals surface area contributed by atoms with Crippen LogP contribution in [0, 0.1) is 5.41 Å². The van der Waals surface area contributed by atoms with Gasteiger partial charge in [-0.2, -0.15) is 0 Å². The van der Waals surface area contributed by atoms with E-state index in [1.54, 1.807) is 7.11 Å². The van der Waals surface area contributed by atoms with Gasteiger partial charge in [-0.15, -0.1) is 24.0 Å². The maximum Gasteiger partial charge on any atom is 0.191 e. The lowest BCUT2D eigenvalue weighted by atomic mass is 9.89. The molecular weight excluding hydrogens is 379 g/mol. The molecule has 0 heterocycles. The van der Waals surface area contributed by atoms with Crippen molar-refractivity contribution in [1.82, 2.24) is 15.5 Å². The van der Waals surface area contributed by atoms with Gasteiger partial charge in [0.1, 0.15) is 0 Å². The summed E-state index contributed by atoms with van der Waals surface area (Å²) >= 11 is 0. The molecule has 0 aliphatic heterocycles. The molecule has 0 aromatic rings. The van der Waals surface area contributed by atoms with Crippen molar-refractivity contribution in [2.75, 3.05) is 47.4 Å². The predicted octanol–water partition coefficient (Wildman–Crippen LogP) is 2.17. The molecule has 1 unspecified atom stereocenters. The Hall–Kier alpha value is -0.0800. The second-order valence-electron chi connectivity index (χ2n) is 6.39. The first-order valence-electron chi connectivity index (χ1n) is 7.51. The van der Waals surface area contributed by atoms with Crippen molar-refractivity contribution < 1.29 is 4.74 Å². The van der Waals surface area contributed by atoms with Crippen molar-refractivity contribution in [1.29, 1.82) is 0 Å². The molecule has 6 heteroatoms. The van der Waals surface area contributed by atoms with Crippen molar-refractivity contribution in [3.8, 4) is 0 Å². The SMILES string of the molecule is CCNC(=NCC(OC)C(C)(C)C)NCCCN(C)C.I. The number of rotatable bonds is 8. The minimum Gasteiger partial charge on any atom is -0.379 e. The van der Waals surface area contributed by atoms with Crippen LogP contribution in [0.5, 0.6) is 0 Å². The Kier molecular flexibility index (Phi) is 13.8. The van der Waals surface area contributed by atoms with E-state index in [4.69, 9.17) is 4.74 Å². The van der Waals surface area contributed by atoms with Crippen LogP contribution in [-0.4, -0.2) is 64.3 Å². The maximum absolute atomic E-state index is 5.53. The second kappa shape index (κ2) is 12.5. The van der Waals surface area contributed by atoms with Crippen LogP contribution in [0.4, 0.5) is 0 Å². The molecule has 0 aromatic carbocycles. The fourth-order valence-electron chi connectivity index (χ4n) is 1.82. The summed E-state index contributed by atoms with van der Waals surface area (Å²) in [5, 5.41) is 6.63. The summed E-state index contributed by atoms with van der Waals surface area (Å²) in [5.41, 5.74) is 0.0977. The van der Waals surface area contributed by atoms with Crippen LogP contribution in [0.1, 0.15) is 34.1 Å². The molecule has 128 valence electrons. The molecule has 0 saturated carbocycles. The third-order valence-corrected chi connectivity index (χ3v) is 3.08. The Morgan fingerprint density at radius 2 is 1.86 bits per heavy atom. The van der Waals surface area contributed by atoms with E-state index in [0.29, 0.717) is 6.54 Å². The highest BCUT2D eigenvalue weighted by Gasteiger charge is 2.23. The average Bonchev–Trinajstić information content (AvgIpc) is 2.33. The van der Waals surface area contributed by atoms with E-state index >= 15 is 0 Å². The molecule has 0 saturated heterocycles. The molecule has 0 spiro atoms. The topological polar surface area (TPSA) is 48.9 Å². The van der Waals surface area contributed by atoms with Gasteiger partial charge >= 0.3 is 0 Å². The molecule has 0 radical (unpaired) electrons. The summed E-state index contributed by atoms with van der Waals surface area (Å²) < 4.78 is 5.53. The van der Waals surface area contributed by atoms with Gasteiger partial charge in [0.25, 0.3) is 0 Å². The molecule has 0 aromatic heterocycles. The normalized spacial score (nSPS) is 13.8. The van der Waals surface area contributed by atoms with Crippen LogP contribution in [0.3, 0.4) is 0 Å². The average molecular weight is 414 g/mol. The van der Waals surface area contributed by atoms with Gasteiger partial charge in [0, 0.05) is 20.2 Å². The molecule has 0 bridgehead atoms. The Labute approximate surface area is 148 Å². The molecule has 2 N–H and O–H groups in total. The fourth-order valence-corrected chi connectivity index (χ4v) is 1.82. The summed E-state index contributed by atoms with van der Waals surface area (Å²) in [6.07, 6.45) is 1.23. The van der Waals surface area contributed by atoms with Gasteiger partial charge in [-0.1, -0.05) is 20.8 Å². The zero-order valence-corrected chi connectivity index (χ0v) is 17.2. The van der Waals surface area contributed by atoms with Crippen molar-refractivity contribution in [3.63, 3.8) is 0 Å². The van der Waals surface area contributed by atoms with Crippen molar-refractivity contribution in [2.24, 2.45) is 10.4 Å². The minimum absolute atomic E-state index is 0. The van der Waals surface area contributed by atoms with Crippen molar-refractivity contribution >= 4 is 29.9 Å². The van der Waals surface area contributed by atoms with Crippen molar-refractivity contribution in [3.05, 3.63) is 0 Å². The van der Waals surface area contributed by atoms with E-state index in [9.17, 15) is 0 Å². The van der Waals surface area contributed by atoms with Crippen LogP contribution in [0.2, 0.25) is 0 Å². The molecular formula is C15H35IN4O. The first-order chi connectivity index (χ1) is 9.31. The van der Waals surface area contributed by atoms with E-state index < -0.39 is 0 Å². The highest BCUT2D eigenvalue weighted by atomic mass is 127. The number of aliphatic imine (C=N–C) groups is 1. The van der Waals surface area contributed by atoms with E-state index in [1.165, 1.54) is 0 Å². The van der Waals surface area contributed by atoms with Gasteiger partial charge in [0.15, 0.2) is 5.96 Å². The maximum atomic E-state index is 5.53. The van der Waals surface area contributed by atoms with Crippen LogP contribution in [-0.2, 0) is 4.74 Å². The fraction of sp³-hybridized carbons (Fsp3) is 0.933. The number of halogens is 1. The van der Waals surface area contributed by atoms with Crippen molar-refractivity contribution in [2.45, 2.75) is 40.2 Å². The predicted molar refractivity (Wildman–Crippen MR) is 103 cm³/mol. The highest BCUT2D eigenvalue weighted by Crippen LogP contribution is 2.21. The summed E-state index contributed by atoms with van der Waals surface area (Å²) in [7, 11) is 5.93. The zero-order valence-electron chi connectivity index (χ0n) is 14.8. The number of guanidine groups is 1. The number of hydrogen-bond acceptors (Lipinski definition) is 3. The van der Waals surface area contributed by atoms with Gasteiger partial charge in [-0.25, -0.2) is 0 Å². The lowest BCUT2D eigenvalue weighted by Crippen LogP contribution is -2.40. The van der Waals surface area contributed by atoms with Gasteiger partial charge in [0.2, 0.25) is 0 Å². The van der Waals surface area contributed by atoms with Gasteiger partial charge in [-0.05, 0) is 39.4 Å². The van der Waals surface area contributed by atoms with E-state index in [-0.39, 0.29) is 35.5 Å². The largest absolute Gasteiger partial charge is 0.379 e. The second-order valence-corrected chi connectivity index (χ2v) is 6.39. The number of hydrogen-bond donors (Lipinski definition) is 2. The Balaban J connectivity index is 0. The molecule has 0 fully saturated rings. The van der Waals surface area contributed by atoms with Crippen LogP contribution < -0.4 is 10.6 Å². The first kappa shape index (κ1) is 23.2. The molecule has 0 aliphatic rings. The quantitative estimate of drug-likeness (QED) is 0.277. The summed E-state index contributed by atoms with van der Waals surface area (Å²) in [5.74, 6) is 0.873. The molecule has 0 amide bonds. The van der Waals surface area contributed by atoms with Crippen LogP contribution in [0.15, 0.2) is 4.99 Å². The summed E-state index contributed by atoms with van der Waals surface area (Å²) in [4.78, 5) is 6.81. The summed E-state index contributed by atoms with van der Waals surface area (Å²) in [6, 6.07) is 0. The number of nitrogens with zero attached hydrogens (tertiary/aromatic N) is 2. The van der Waals surface area contributed by atoms with E-state index in [2.05, 4.69) is 62.3 Å². The molecule has 1 atom stereocenters. The summed E-state index contributed by atoms with van der Waals surface area (Å²) in [6.45, 7) is 12.1. The molecule has 0 rings (SSSR count). The molecule has 5 nitrogen and oxygen atoms in total. The smallest absolute Gasteiger partial charge is 0.191 e. The molecule has 0 aliphatic carbocycles. The highest BCUT2D eigenvalue weighted by molar-refractivity contribution is 14.0.